The topological polar surface area (TPSA) is 29.5 Å². The van der Waals surface area contributed by atoms with Gasteiger partial charge >= 0.3 is 12.3 Å². The Kier molecular flexibility index (Phi) is 4.90. The number of hydrogen-bond donors (Lipinski definition) is 0. The minimum atomic E-state index is -4.44. The predicted octanol–water partition coefficient (Wildman–Crippen LogP) is 5.05. The van der Waals surface area contributed by atoms with E-state index in [1.807, 2.05) is 30.3 Å². The molecule has 0 spiro atoms. The number of amides is 1. The summed E-state index contributed by atoms with van der Waals surface area (Å²) in [6.07, 6.45) is -4.92. The maximum Gasteiger partial charge on any atom is 0.416 e. The quantitative estimate of drug-likeness (QED) is 0.741. The second-order valence-corrected chi connectivity index (χ2v) is 6.17. The molecule has 0 fully saturated rings. The Bertz CT molecular complexity index is 778. The number of benzene rings is 2. The second kappa shape index (κ2) is 6.96. The zero-order valence-corrected chi connectivity index (χ0v) is 13.9. The van der Waals surface area contributed by atoms with Gasteiger partial charge in [-0.25, -0.2) is 4.79 Å². The molecular formula is C18H15ClF3NO2. The van der Waals surface area contributed by atoms with Gasteiger partial charge in [0.05, 0.1) is 12.1 Å². The highest BCUT2D eigenvalue weighted by Gasteiger charge is 2.36. The molecule has 25 heavy (non-hydrogen) atoms. The largest absolute Gasteiger partial charge is 0.445 e. The first-order valence-electron chi connectivity index (χ1n) is 7.69. The van der Waals surface area contributed by atoms with Crippen LogP contribution in [0.4, 0.5) is 18.0 Å². The maximum absolute atomic E-state index is 13.1. The van der Waals surface area contributed by atoms with Gasteiger partial charge in [0.25, 0.3) is 0 Å². The summed E-state index contributed by atoms with van der Waals surface area (Å²) >= 11 is 6.06. The van der Waals surface area contributed by atoms with Crippen molar-refractivity contribution >= 4 is 17.7 Å². The number of carbonyl (C=O) groups excluding carboxylic acids is 1. The van der Waals surface area contributed by atoms with Crippen LogP contribution in [0.1, 0.15) is 22.3 Å². The Balaban J connectivity index is 1.73. The second-order valence-electron chi connectivity index (χ2n) is 5.76. The average molecular weight is 370 g/mol. The third kappa shape index (κ3) is 3.90. The lowest BCUT2D eigenvalue weighted by Crippen LogP contribution is -2.37. The molecule has 0 atom stereocenters. The normalized spacial score (nSPS) is 14.2. The number of fused-ring (bicyclic) bond motifs is 1. The summed E-state index contributed by atoms with van der Waals surface area (Å²) in [5.41, 5.74) is 0.640. The van der Waals surface area contributed by atoms with Crippen LogP contribution in [-0.4, -0.2) is 17.5 Å². The number of hydrogen-bond acceptors (Lipinski definition) is 2. The van der Waals surface area contributed by atoms with E-state index in [1.165, 1.54) is 11.0 Å². The molecule has 1 aliphatic rings. The van der Waals surface area contributed by atoms with Gasteiger partial charge in [0, 0.05) is 11.6 Å². The zero-order valence-electron chi connectivity index (χ0n) is 13.1. The Morgan fingerprint density at radius 2 is 1.84 bits per heavy atom. The third-order valence-electron chi connectivity index (χ3n) is 4.12. The molecular weight excluding hydrogens is 355 g/mol. The van der Waals surface area contributed by atoms with Crippen molar-refractivity contribution in [3.63, 3.8) is 0 Å². The van der Waals surface area contributed by atoms with Crippen molar-refractivity contribution in [2.24, 2.45) is 0 Å². The first-order valence-corrected chi connectivity index (χ1v) is 8.07. The smallest absolute Gasteiger partial charge is 0.416 e. The Hall–Kier alpha value is -2.21. The van der Waals surface area contributed by atoms with E-state index in [0.29, 0.717) is 5.56 Å². The lowest BCUT2D eigenvalue weighted by atomic mass is 9.94. The van der Waals surface area contributed by atoms with Crippen LogP contribution >= 0.6 is 11.6 Å². The zero-order chi connectivity index (χ0) is 18.0. The van der Waals surface area contributed by atoms with Gasteiger partial charge in [-0.1, -0.05) is 41.9 Å². The van der Waals surface area contributed by atoms with Gasteiger partial charge in [0.1, 0.15) is 6.61 Å². The van der Waals surface area contributed by atoms with Crippen LogP contribution < -0.4 is 0 Å². The molecule has 0 aliphatic carbocycles. The molecule has 2 aromatic rings. The summed E-state index contributed by atoms with van der Waals surface area (Å²) in [5.74, 6) is 0. The maximum atomic E-state index is 13.1. The van der Waals surface area contributed by atoms with Crippen LogP contribution in [0.25, 0.3) is 0 Å². The number of halogens is 4. The fourth-order valence-corrected chi connectivity index (χ4v) is 3.11. The highest BCUT2D eigenvalue weighted by atomic mass is 35.5. The molecule has 1 amide bonds. The van der Waals surface area contributed by atoms with E-state index in [4.69, 9.17) is 16.3 Å². The molecule has 0 N–H and O–H groups in total. The van der Waals surface area contributed by atoms with Gasteiger partial charge in [-0.3, -0.25) is 0 Å². The van der Waals surface area contributed by atoms with E-state index in [0.717, 1.165) is 11.6 Å². The van der Waals surface area contributed by atoms with Crippen molar-refractivity contribution in [1.82, 2.24) is 4.90 Å². The first kappa shape index (κ1) is 17.6. The molecule has 0 radical (unpaired) electrons. The van der Waals surface area contributed by atoms with E-state index in [1.54, 1.807) is 0 Å². The lowest BCUT2D eigenvalue weighted by molar-refractivity contribution is -0.138. The van der Waals surface area contributed by atoms with Crippen LogP contribution in [0.15, 0.2) is 42.5 Å². The van der Waals surface area contributed by atoms with Gasteiger partial charge in [-0.15, -0.1) is 0 Å². The monoisotopic (exact) mass is 369 g/mol. The summed E-state index contributed by atoms with van der Waals surface area (Å²) in [7, 11) is 0. The molecule has 132 valence electrons. The molecule has 0 saturated heterocycles. The van der Waals surface area contributed by atoms with Gasteiger partial charge in [0.2, 0.25) is 0 Å². The highest BCUT2D eigenvalue weighted by molar-refractivity contribution is 6.31. The summed E-state index contributed by atoms with van der Waals surface area (Å²) in [4.78, 5) is 13.6. The van der Waals surface area contributed by atoms with Gasteiger partial charge in [-0.2, -0.15) is 13.2 Å². The number of rotatable bonds is 2. The lowest BCUT2D eigenvalue weighted by Gasteiger charge is -2.30. The van der Waals surface area contributed by atoms with E-state index in [9.17, 15) is 18.0 Å². The molecule has 1 heterocycles. The molecule has 3 nitrogen and oxygen atoms in total. The minimum absolute atomic E-state index is 0.00566. The van der Waals surface area contributed by atoms with E-state index >= 15 is 0 Å². The third-order valence-corrected chi connectivity index (χ3v) is 4.48. The fourth-order valence-electron chi connectivity index (χ4n) is 2.87. The van der Waals surface area contributed by atoms with Gasteiger partial charge in [0.15, 0.2) is 0 Å². The molecule has 0 aromatic heterocycles. The van der Waals surface area contributed by atoms with Crippen LogP contribution in [0.3, 0.4) is 0 Å². The van der Waals surface area contributed by atoms with Crippen molar-refractivity contribution < 1.29 is 22.7 Å². The molecule has 0 bridgehead atoms. The van der Waals surface area contributed by atoms with Crippen molar-refractivity contribution in [2.45, 2.75) is 25.7 Å². The summed E-state index contributed by atoms with van der Waals surface area (Å²) in [6.45, 7) is 0.273. The summed E-state index contributed by atoms with van der Waals surface area (Å²) < 4.78 is 44.6. The predicted molar refractivity (Wildman–Crippen MR) is 87.2 cm³/mol. The first-order chi connectivity index (χ1) is 11.9. The van der Waals surface area contributed by atoms with E-state index in [2.05, 4.69) is 0 Å². The van der Waals surface area contributed by atoms with Gasteiger partial charge < -0.3 is 9.64 Å². The summed E-state index contributed by atoms with van der Waals surface area (Å²) in [6, 6.07) is 11.4. The van der Waals surface area contributed by atoms with Crippen molar-refractivity contribution in [2.75, 3.05) is 6.54 Å². The molecule has 0 saturated carbocycles. The molecule has 0 unspecified atom stereocenters. The molecule has 1 aliphatic heterocycles. The number of ether oxygens (including phenoxy) is 1. The van der Waals surface area contributed by atoms with Crippen molar-refractivity contribution in [3.8, 4) is 0 Å². The highest BCUT2D eigenvalue weighted by Crippen LogP contribution is 2.38. The number of nitrogens with zero attached hydrogens (tertiary/aromatic N) is 1. The minimum Gasteiger partial charge on any atom is -0.445 e. The van der Waals surface area contributed by atoms with Crippen molar-refractivity contribution in [3.05, 3.63) is 69.7 Å². The molecule has 2 aromatic carbocycles. The SMILES string of the molecule is O=C(OCc1ccccc1)N1CCc2c(C(F)(F)F)ccc(Cl)c2C1. The Morgan fingerprint density at radius 3 is 2.52 bits per heavy atom. The average Bonchev–Trinajstić information content (AvgIpc) is 2.59. The van der Waals surface area contributed by atoms with Crippen LogP contribution in [0.2, 0.25) is 5.02 Å². The Labute approximate surface area is 148 Å². The fraction of sp³-hybridized carbons (Fsp3) is 0.278. The van der Waals surface area contributed by atoms with Crippen LogP contribution in [0.5, 0.6) is 0 Å². The van der Waals surface area contributed by atoms with E-state index < -0.39 is 17.8 Å². The van der Waals surface area contributed by atoms with Gasteiger partial charge in [-0.05, 0) is 35.2 Å². The summed E-state index contributed by atoms with van der Waals surface area (Å²) in [5, 5.41) is 0.226. The van der Waals surface area contributed by atoms with E-state index in [-0.39, 0.29) is 36.7 Å². The number of carbonyl (C=O) groups is 1. The van der Waals surface area contributed by atoms with Crippen LogP contribution in [-0.2, 0) is 30.5 Å². The Morgan fingerprint density at radius 1 is 1.12 bits per heavy atom. The van der Waals surface area contributed by atoms with Crippen LogP contribution in [0, 0.1) is 0 Å². The molecule has 7 heteroatoms. The van der Waals surface area contributed by atoms with Crippen molar-refractivity contribution in [1.29, 1.82) is 0 Å². The molecule has 3 rings (SSSR count). The number of alkyl halides is 3. The standard InChI is InChI=1S/C18H15ClF3NO2/c19-16-7-6-15(18(20,21)22)13-8-9-23(10-14(13)16)17(24)25-11-12-4-2-1-3-5-12/h1-7H,8-11H2.